The first-order valence-electron chi connectivity index (χ1n) is 6.76. The Bertz CT molecular complexity index is 634. The molecule has 1 aromatic carbocycles. The highest BCUT2D eigenvalue weighted by Gasteiger charge is 2.25. The maximum Gasteiger partial charge on any atom is 0.253 e. The molecule has 1 fully saturated rings. The highest BCUT2D eigenvalue weighted by molar-refractivity contribution is 6.05. The van der Waals surface area contributed by atoms with Gasteiger partial charge in [0.2, 0.25) is 0 Å². The van der Waals surface area contributed by atoms with Crippen molar-refractivity contribution >= 4 is 41.6 Å². The van der Waals surface area contributed by atoms with Crippen LogP contribution >= 0.6 is 24.8 Å². The van der Waals surface area contributed by atoms with Crippen molar-refractivity contribution in [2.45, 2.75) is 6.10 Å². The molecule has 1 aliphatic heterocycles. The summed E-state index contributed by atoms with van der Waals surface area (Å²) in [5.41, 5.74) is 1.28. The lowest BCUT2D eigenvalue weighted by Crippen LogP contribution is -2.34. The van der Waals surface area contributed by atoms with Gasteiger partial charge in [0.1, 0.15) is 0 Å². The van der Waals surface area contributed by atoms with Crippen molar-refractivity contribution in [3.8, 4) is 0 Å². The lowest BCUT2D eigenvalue weighted by atomic mass is 10.1. The molecule has 5 nitrogen and oxygen atoms in total. The van der Waals surface area contributed by atoms with Gasteiger partial charge < -0.3 is 15.7 Å². The van der Waals surface area contributed by atoms with Crippen LogP contribution in [0.1, 0.15) is 10.4 Å². The number of carbonyl (C=O) groups is 1. The number of para-hydroxylation sites is 1. The van der Waals surface area contributed by atoms with E-state index in [-0.39, 0.29) is 42.7 Å². The Kier molecular flexibility index (Phi) is 7.03. The quantitative estimate of drug-likeness (QED) is 0.787. The van der Waals surface area contributed by atoms with Crippen molar-refractivity contribution in [3.63, 3.8) is 0 Å². The van der Waals surface area contributed by atoms with Crippen molar-refractivity contribution in [3.05, 3.63) is 42.1 Å². The van der Waals surface area contributed by atoms with Crippen molar-refractivity contribution in [1.29, 1.82) is 0 Å². The molecule has 1 aromatic heterocycles. The van der Waals surface area contributed by atoms with Gasteiger partial charge in [-0.2, -0.15) is 0 Å². The van der Waals surface area contributed by atoms with E-state index in [0.717, 1.165) is 11.9 Å². The number of fused-ring (bicyclic) bond motifs is 1. The largest absolute Gasteiger partial charge is 0.391 e. The number of hydrogen-bond acceptors (Lipinski definition) is 4. The summed E-state index contributed by atoms with van der Waals surface area (Å²) in [5.74, 6) is -0.0738. The fourth-order valence-corrected chi connectivity index (χ4v) is 2.53. The van der Waals surface area contributed by atoms with Gasteiger partial charge in [-0.25, -0.2) is 0 Å². The molecule has 0 aliphatic carbocycles. The summed E-state index contributed by atoms with van der Waals surface area (Å²) in [6.07, 6.45) is 1.30. The molecule has 2 atom stereocenters. The number of aliphatic hydroxyl groups excluding tert-OH is 1. The molecule has 2 unspecified atom stereocenters. The zero-order chi connectivity index (χ0) is 13.9. The molecule has 1 aliphatic rings. The van der Waals surface area contributed by atoms with Crippen LogP contribution in [-0.2, 0) is 0 Å². The smallest absolute Gasteiger partial charge is 0.253 e. The average Bonchev–Trinajstić information content (AvgIpc) is 2.89. The van der Waals surface area contributed by atoms with Gasteiger partial charge in [-0.1, -0.05) is 18.2 Å². The van der Waals surface area contributed by atoms with E-state index in [0.29, 0.717) is 24.2 Å². The number of benzene rings is 1. The van der Waals surface area contributed by atoms with Gasteiger partial charge in [0, 0.05) is 37.1 Å². The van der Waals surface area contributed by atoms with Crippen LogP contribution in [0.5, 0.6) is 0 Å². The molecule has 1 saturated heterocycles. The summed E-state index contributed by atoms with van der Waals surface area (Å²) in [7, 11) is 0. The second kappa shape index (κ2) is 8.29. The van der Waals surface area contributed by atoms with Crippen LogP contribution in [0.15, 0.2) is 36.5 Å². The predicted molar refractivity (Wildman–Crippen MR) is 90.9 cm³/mol. The summed E-state index contributed by atoms with van der Waals surface area (Å²) in [4.78, 5) is 16.5. The lowest BCUT2D eigenvalue weighted by molar-refractivity contribution is 0.0928. The summed E-state index contributed by atoms with van der Waals surface area (Å²) in [5, 5.41) is 16.7. The molecule has 1 amide bonds. The third-order valence-corrected chi connectivity index (χ3v) is 3.71. The SMILES string of the molecule is Cl.Cl.O=C(NCC1CNCC1O)c1cccc2cccnc12. The van der Waals surface area contributed by atoms with E-state index in [1.165, 1.54) is 0 Å². The third kappa shape index (κ3) is 3.87. The summed E-state index contributed by atoms with van der Waals surface area (Å²) in [6.45, 7) is 1.79. The van der Waals surface area contributed by atoms with E-state index >= 15 is 0 Å². The van der Waals surface area contributed by atoms with Crippen molar-refractivity contribution in [2.75, 3.05) is 19.6 Å². The standard InChI is InChI=1S/C15H17N3O2.2ClH/c19-13-9-16-7-11(13)8-18-15(20)12-5-1-3-10-4-2-6-17-14(10)12;;/h1-6,11,13,16,19H,7-9H2,(H,18,20);2*1H. The highest BCUT2D eigenvalue weighted by Crippen LogP contribution is 2.16. The number of carbonyl (C=O) groups excluding carboxylic acids is 1. The Morgan fingerprint density at radius 1 is 1.27 bits per heavy atom. The fourth-order valence-electron chi connectivity index (χ4n) is 2.53. The molecular weight excluding hydrogens is 325 g/mol. The minimum atomic E-state index is -0.388. The highest BCUT2D eigenvalue weighted by atomic mass is 35.5. The number of nitrogens with one attached hydrogen (secondary N) is 2. The van der Waals surface area contributed by atoms with Gasteiger partial charge in [-0.3, -0.25) is 9.78 Å². The molecule has 0 radical (unpaired) electrons. The Morgan fingerprint density at radius 3 is 2.77 bits per heavy atom. The molecule has 2 heterocycles. The number of hydrogen-bond donors (Lipinski definition) is 3. The maximum absolute atomic E-state index is 12.3. The van der Waals surface area contributed by atoms with Crippen LogP contribution < -0.4 is 10.6 Å². The average molecular weight is 344 g/mol. The van der Waals surface area contributed by atoms with Gasteiger partial charge in [-0.05, 0) is 12.1 Å². The molecule has 2 aromatic rings. The Labute approximate surface area is 141 Å². The summed E-state index contributed by atoms with van der Waals surface area (Å²) in [6, 6.07) is 9.34. The van der Waals surface area contributed by atoms with Gasteiger partial charge in [-0.15, -0.1) is 24.8 Å². The van der Waals surface area contributed by atoms with Gasteiger partial charge in [0.15, 0.2) is 0 Å². The molecule has 0 bridgehead atoms. The Balaban J connectivity index is 0.00000121. The lowest BCUT2D eigenvalue weighted by Gasteiger charge is -2.14. The van der Waals surface area contributed by atoms with Crippen LogP contribution in [0.2, 0.25) is 0 Å². The predicted octanol–water partition coefficient (Wildman–Crippen LogP) is 1.39. The number of amides is 1. The maximum atomic E-state index is 12.3. The van der Waals surface area contributed by atoms with Crippen molar-refractivity contribution in [1.82, 2.24) is 15.6 Å². The molecule has 3 N–H and O–H groups in total. The number of nitrogens with zero attached hydrogens (tertiary/aromatic N) is 1. The number of β-amino-alcohol motifs (C(OH)–C–C–N with tert-alkyl or cyclic N) is 1. The first kappa shape index (κ1) is 18.6. The normalized spacial score (nSPS) is 20.0. The molecular formula is C15H19Cl2N3O2. The first-order chi connectivity index (χ1) is 9.75. The topological polar surface area (TPSA) is 74.2 Å². The molecule has 120 valence electrons. The molecule has 7 heteroatoms. The van der Waals surface area contributed by atoms with Crippen molar-refractivity contribution < 1.29 is 9.90 Å². The van der Waals surface area contributed by atoms with E-state index in [9.17, 15) is 9.90 Å². The number of pyridine rings is 1. The number of rotatable bonds is 3. The minimum absolute atomic E-state index is 0. The monoisotopic (exact) mass is 343 g/mol. The van der Waals surface area contributed by atoms with Gasteiger partial charge in [0.05, 0.1) is 17.2 Å². The van der Waals surface area contributed by atoms with E-state index < -0.39 is 0 Å². The second-order valence-electron chi connectivity index (χ2n) is 5.08. The minimum Gasteiger partial charge on any atom is -0.391 e. The van der Waals surface area contributed by atoms with Gasteiger partial charge >= 0.3 is 0 Å². The first-order valence-corrected chi connectivity index (χ1v) is 6.76. The third-order valence-electron chi connectivity index (χ3n) is 3.71. The zero-order valence-corrected chi connectivity index (χ0v) is 13.5. The zero-order valence-electron chi connectivity index (χ0n) is 11.9. The van der Waals surface area contributed by atoms with E-state index in [2.05, 4.69) is 15.6 Å². The van der Waals surface area contributed by atoms with Crippen LogP contribution in [0.4, 0.5) is 0 Å². The van der Waals surface area contributed by atoms with E-state index in [1.54, 1.807) is 12.3 Å². The van der Waals surface area contributed by atoms with E-state index in [1.807, 2.05) is 24.3 Å². The Hall–Kier alpha value is -1.40. The number of halogens is 2. The summed E-state index contributed by atoms with van der Waals surface area (Å²) < 4.78 is 0. The Morgan fingerprint density at radius 2 is 2.05 bits per heavy atom. The second-order valence-corrected chi connectivity index (χ2v) is 5.08. The van der Waals surface area contributed by atoms with Gasteiger partial charge in [0.25, 0.3) is 5.91 Å². The number of aliphatic hydroxyl groups is 1. The van der Waals surface area contributed by atoms with Crippen LogP contribution in [0, 0.1) is 5.92 Å². The summed E-state index contributed by atoms with van der Waals surface area (Å²) >= 11 is 0. The molecule has 0 spiro atoms. The molecule has 3 rings (SSSR count). The molecule has 0 saturated carbocycles. The van der Waals surface area contributed by atoms with Crippen molar-refractivity contribution in [2.24, 2.45) is 5.92 Å². The van der Waals surface area contributed by atoms with Crippen LogP contribution in [0.25, 0.3) is 10.9 Å². The number of aromatic nitrogens is 1. The van der Waals surface area contributed by atoms with E-state index in [4.69, 9.17) is 0 Å². The molecule has 22 heavy (non-hydrogen) atoms. The fraction of sp³-hybridized carbons (Fsp3) is 0.333. The van der Waals surface area contributed by atoms with Crippen LogP contribution in [-0.4, -0.2) is 41.7 Å². The van der Waals surface area contributed by atoms with Crippen LogP contribution in [0.3, 0.4) is 0 Å².